The summed E-state index contributed by atoms with van der Waals surface area (Å²) in [6, 6.07) is 3.92. The van der Waals surface area contributed by atoms with Gasteiger partial charge in [-0.2, -0.15) is 0 Å². The molecule has 5 nitrogen and oxygen atoms in total. The highest BCUT2D eigenvalue weighted by molar-refractivity contribution is 5.98. The maximum Gasteiger partial charge on any atom is 0.422 e. The third-order valence-corrected chi connectivity index (χ3v) is 3.59. The molecule has 19 heavy (non-hydrogen) atoms. The summed E-state index contributed by atoms with van der Waals surface area (Å²) in [5.41, 5.74) is 4.53. The van der Waals surface area contributed by atoms with Gasteiger partial charge in [-0.15, -0.1) is 4.57 Å². The largest absolute Gasteiger partial charge is 0.422 e. The van der Waals surface area contributed by atoms with Gasteiger partial charge < -0.3 is 8.83 Å². The molecule has 4 aromatic rings. The van der Waals surface area contributed by atoms with E-state index in [1.54, 1.807) is 18.6 Å². The summed E-state index contributed by atoms with van der Waals surface area (Å²) in [5.74, 6) is 0.815. The fourth-order valence-corrected chi connectivity index (χ4v) is 2.70. The Labute approximate surface area is 107 Å². The molecule has 1 aliphatic heterocycles. The van der Waals surface area contributed by atoms with Crippen molar-refractivity contribution in [1.29, 1.82) is 0 Å². The fraction of sp³-hybridized carbons (Fsp3) is 0.0714. The summed E-state index contributed by atoms with van der Waals surface area (Å²) in [6.07, 6.45) is 7.08. The van der Waals surface area contributed by atoms with E-state index < -0.39 is 0 Å². The lowest BCUT2D eigenvalue weighted by Gasteiger charge is -1.88. The summed E-state index contributed by atoms with van der Waals surface area (Å²) in [7, 11) is 0. The van der Waals surface area contributed by atoms with E-state index in [9.17, 15) is 0 Å². The molecule has 5 rings (SSSR count). The first-order valence-corrected chi connectivity index (χ1v) is 6.04. The fourth-order valence-electron chi connectivity index (χ4n) is 2.70. The monoisotopic (exact) mass is 250 g/mol. The molecule has 0 saturated carbocycles. The lowest BCUT2D eigenvalue weighted by Crippen LogP contribution is -2.30. The number of hydrogen-bond donors (Lipinski definition) is 0. The third-order valence-electron chi connectivity index (χ3n) is 3.59. The van der Waals surface area contributed by atoms with Crippen molar-refractivity contribution in [2.75, 3.05) is 0 Å². The highest BCUT2D eigenvalue weighted by Gasteiger charge is 2.37. The van der Waals surface area contributed by atoms with Crippen molar-refractivity contribution >= 4 is 22.3 Å². The lowest BCUT2D eigenvalue weighted by atomic mass is 10.2. The number of oxazole rings is 1. The first kappa shape index (κ1) is 9.27. The maximum absolute atomic E-state index is 5.99. The van der Waals surface area contributed by atoms with Crippen molar-refractivity contribution < 1.29 is 13.4 Å². The second-order valence-corrected chi connectivity index (χ2v) is 4.63. The predicted molar refractivity (Wildman–Crippen MR) is 66.3 cm³/mol. The first-order chi connectivity index (χ1) is 9.42. The molecule has 0 aliphatic carbocycles. The summed E-state index contributed by atoms with van der Waals surface area (Å²) >= 11 is 0. The number of rotatable bonds is 0. The van der Waals surface area contributed by atoms with Crippen LogP contribution in [0.4, 0.5) is 0 Å². The summed E-state index contributed by atoms with van der Waals surface area (Å²) in [6.45, 7) is 0.757. The van der Waals surface area contributed by atoms with Crippen LogP contribution in [0, 0.1) is 0 Å². The number of fused-ring (bicyclic) bond motifs is 7. The molecule has 0 spiro atoms. The molecule has 0 amide bonds. The topological polar surface area (TPSA) is 55.9 Å². The summed E-state index contributed by atoms with van der Waals surface area (Å²) < 4.78 is 13.9. The second kappa shape index (κ2) is 3.00. The van der Waals surface area contributed by atoms with Gasteiger partial charge in [-0.3, -0.25) is 9.97 Å². The number of hydrogen-bond acceptors (Lipinski definition) is 4. The molecule has 90 valence electrons. The maximum atomic E-state index is 5.99. The lowest BCUT2D eigenvalue weighted by molar-refractivity contribution is -0.655. The zero-order chi connectivity index (χ0) is 12.4. The van der Waals surface area contributed by atoms with Gasteiger partial charge >= 0.3 is 11.6 Å². The molecule has 0 radical (unpaired) electrons. The molecule has 0 bridgehead atoms. The molecule has 0 aromatic carbocycles. The molecule has 5 heteroatoms. The van der Waals surface area contributed by atoms with Crippen LogP contribution in [-0.2, 0) is 6.54 Å². The Morgan fingerprint density at radius 1 is 1.05 bits per heavy atom. The van der Waals surface area contributed by atoms with E-state index in [-0.39, 0.29) is 0 Å². The average molecular weight is 250 g/mol. The van der Waals surface area contributed by atoms with Crippen LogP contribution in [0.25, 0.3) is 33.7 Å². The van der Waals surface area contributed by atoms with Gasteiger partial charge in [-0.1, -0.05) is 0 Å². The van der Waals surface area contributed by atoms with Crippen molar-refractivity contribution in [2.45, 2.75) is 6.54 Å². The number of pyridine rings is 2. The van der Waals surface area contributed by atoms with E-state index in [4.69, 9.17) is 8.83 Å². The predicted octanol–water partition coefficient (Wildman–Crippen LogP) is 2.29. The van der Waals surface area contributed by atoms with E-state index in [0.717, 1.165) is 40.3 Å². The molecular weight excluding hydrogens is 242 g/mol. The number of furan rings is 1. The highest BCUT2D eigenvalue weighted by atomic mass is 16.4. The normalized spacial score (nSPS) is 13.1. The van der Waals surface area contributed by atoms with Crippen LogP contribution in [0.1, 0.15) is 5.56 Å². The number of aromatic nitrogens is 3. The molecule has 1 aliphatic rings. The van der Waals surface area contributed by atoms with Crippen LogP contribution in [0.15, 0.2) is 45.8 Å². The van der Waals surface area contributed by atoms with Crippen LogP contribution >= 0.6 is 0 Å². The minimum Gasteiger partial charge on any atom is -0.400 e. The van der Waals surface area contributed by atoms with Crippen LogP contribution in [0.3, 0.4) is 0 Å². The van der Waals surface area contributed by atoms with Crippen LogP contribution in [0.5, 0.6) is 0 Å². The zero-order valence-electron chi connectivity index (χ0n) is 9.83. The van der Waals surface area contributed by atoms with Gasteiger partial charge in [0.25, 0.3) is 5.58 Å². The smallest absolute Gasteiger partial charge is 0.400 e. The Kier molecular flexibility index (Phi) is 1.46. The first-order valence-electron chi connectivity index (χ1n) is 6.04. The van der Waals surface area contributed by atoms with Gasteiger partial charge in [-0.25, -0.2) is 0 Å². The molecule has 0 saturated heterocycles. The van der Waals surface area contributed by atoms with Gasteiger partial charge in [0.15, 0.2) is 12.1 Å². The van der Waals surface area contributed by atoms with Crippen molar-refractivity contribution in [1.82, 2.24) is 9.97 Å². The molecule has 0 N–H and O–H groups in total. The zero-order valence-corrected chi connectivity index (χ0v) is 9.83. The minimum atomic E-state index is 0.751. The Balaban J connectivity index is 1.93. The Morgan fingerprint density at radius 3 is 2.95 bits per heavy atom. The van der Waals surface area contributed by atoms with Gasteiger partial charge in [0.05, 0.1) is 11.6 Å². The molecule has 0 fully saturated rings. The van der Waals surface area contributed by atoms with Crippen LogP contribution < -0.4 is 4.57 Å². The van der Waals surface area contributed by atoms with Crippen molar-refractivity contribution in [3.05, 3.63) is 42.5 Å². The van der Waals surface area contributed by atoms with E-state index in [1.165, 1.54) is 5.56 Å². The second-order valence-electron chi connectivity index (χ2n) is 4.63. The quantitative estimate of drug-likeness (QED) is 0.396. The highest BCUT2D eigenvalue weighted by Crippen LogP contribution is 2.34. The molecular formula is C14H8N3O2+. The molecule has 4 aromatic heterocycles. The van der Waals surface area contributed by atoms with Crippen molar-refractivity contribution in [3.63, 3.8) is 0 Å². The standard InChI is InChI=1S/C14H8N3O2/c1-3-15-5-10-8(1)7-17-13(10)19-12-9-2-4-16-6-11(9)18-14(12)17/h1-6H,7H2/q+1. The van der Waals surface area contributed by atoms with Crippen LogP contribution in [-0.4, -0.2) is 9.97 Å². The summed E-state index contributed by atoms with van der Waals surface area (Å²) in [5, 5.41) is 0.956. The van der Waals surface area contributed by atoms with Crippen molar-refractivity contribution in [3.8, 4) is 11.5 Å². The Bertz CT molecular complexity index is 952. The minimum absolute atomic E-state index is 0.751. The number of nitrogens with zero attached hydrogens (tertiary/aromatic N) is 3. The van der Waals surface area contributed by atoms with Gasteiger partial charge in [0.2, 0.25) is 0 Å². The molecule has 5 heterocycles. The summed E-state index contributed by atoms with van der Waals surface area (Å²) in [4.78, 5) is 8.22. The van der Waals surface area contributed by atoms with E-state index >= 15 is 0 Å². The van der Waals surface area contributed by atoms with E-state index in [0.29, 0.717) is 0 Å². The Morgan fingerprint density at radius 2 is 1.95 bits per heavy atom. The van der Waals surface area contributed by atoms with E-state index in [1.807, 2.05) is 22.9 Å². The molecule has 0 unspecified atom stereocenters. The third kappa shape index (κ3) is 1.03. The van der Waals surface area contributed by atoms with Crippen LogP contribution in [0.2, 0.25) is 0 Å². The van der Waals surface area contributed by atoms with E-state index in [2.05, 4.69) is 9.97 Å². The average Bonchev–Trinajstić information content (AvgIpc) is 3.07. The van der Waals surface area contributed by atoms with Gasteiger partial charge in [0.1, 0.15) is 5.56 Å². The Hall–Kier alpha value is -2.69. The van der Waals surface area contributed by atoms with Crippen molar-refractivity contribution in [2.24, 2.45) is 0 Å². The SMILES string of the molecule is c1cc2c(cn1)-c1oc3c4ccncc4oc3[n+]1C2. The molecule has 0 atom stereocenters. The van der Waals surface area contributed by atoms with Gasteiger partial charge in [-0.05, 0) is 12.1 Å². The van der Waals surface area contributed by atoms with Gasteiger partial charge in [0, 0.05) is 24.2 Å².